The van der Waals surface area contributed by atoms with Crippen LogP contribution in [-0.4, -0.2) is 60.4 Å². The fraction of sp³-hybridized carbons (Fsp3) is 0.833. The van der Waals surface area contributed by atoms with Gasteiger partial charge in [0, 0.05) is 38.6 Å². The summed E-state index contributed by atoms with van der Waals surface area (Å²) in [5.74, 6) is 0.379. The molecule has 104 valence electrons. The van der Waals surface area contributed by atoms with Crippen molar-refractivity contribution in [2.75, 3.05) is 32.7 Å². The molecule has 0 radical (unpaired) electrons. The molecule has 2 fully saturated rings. The van der Waals surface area contributed by atoms with Crippen molar-refractivity contribution in [2.24, 2.45) is 0 Å². The molecule has 0 aliphatic carbocycles. The van der Waals surface area contributed by atoms with Crippen LogP contribution in [0.25, 0.3) is 0 Å². The van der Waals surface area contributed by atoms with E-state index >= 15 is 0 Å². The van der Waals surface area contributed by atoms with E-state index in [0.717, 1.165) is 39.0 Å². The van der Waals surface area contributed by atoms with E-state index in [1.54, 1.807) is 0 Å². The van der Waals surface area contributed by atoms with Crippen molar-refractivity contribution in [2.45, 2.75) is 32.2 Å². The first-order valence-corrected chi connectivity index (χ1v) is 6.50. The molecule has 2 aliphatic heterocycles. The molecule has 5 nitrogen and oxygen atoms in total. The zero-order valence-electron chi connectivity index (χ0n) is 10.9. The fourth-order valence-electron chi connectivity index (χ4n) is 2.67. The second-order valence-corrected chi connectivity index (χ2v) is 4.75. The van der Waals surface area contributed by atoms with Crippen LogP contribution in [0.4, 0.5) is 0 Å². The number of halogens is 1. The van der Waals surface area contributed by atoms with Gasteiger partial charge >= 0.3 is 0 Å². The number of piperazine rings is 1. The number of nitrogens with one attached hydrogen (secondary N) is 1. The average molecular weight is 276 g/mol. The second kappa shape index (κ2) is 6.95. The third kappa shape index (κ3) is 3.36. The molecule has 1 unspecified atom stereocenters. The van der Waals surface area contributed by atoms with E-state index in [1.807, 2.05) is 16.7 Å². The Bertz CT molecular complexity index is 312. The van der Waals surface area contributed by atoms with Gasteiger partial charge in [0.1, 0.15) is 0 Å². The Morgan fingerprint density at radius 2 is 2.22 bits per heavy atom. The lowest BCUT2D eigenvalue weighted by Crippen LogP contribution is -2.57. The minimum absolute atomic E-state index is 0. The van der Waals surface area contributed by atoms with Gasteiger partial charge in [-0.25, -0.2) is 0 Å². The molecule has 1 N–H and O–H groups in total. The monoisotopic (exact) mass is 275 g/mol. The molecule has 2 aliphatic rings. The number of likely N-dealkylation sites (tertiary alicyclic amines) is 1. The highest BCUT2D eigenvalue weighted by atomic mass is 35.5. The van der Waals surface area contributed by atoms with E-state index in [0.29, 0.717) is 13.0 Å². The van der Waals surface area contributed by atoms with Crippen LogP contribution >= 0.6 is 12.4 Å². The van der Waals surface area contributed by atoms with Crippen molar-refractivity contribution < 1.29 is 9.59 Å². The third-order valence-corrected chi connectivity index (χ3v) is 3.62. The molecular formula is C12H22ClN3O2. The molecule has 0 aromatic carbocycles. The highest BCUT2D eigenvalue weighted by Gasteiger charge is 2.30. The molecule has 0 bridgehead atoms. The lowest BCUT2D eigenvalue weighted by Gasteiger charge is -2.41. The molecule has 2 amide bonds. The molecule has 2 heterocycles. The van der Waals surface area contributed by atoms with E-state index < -0.39 is 0 Å². The van der Waals surface area contributed by atoms with Crippen LogP contribution in [0.3, 0.4) is 0 Å². The quantitative estimate of drug-likeness (QED) is 0.786. The topological polar surface area (TPSA) is 52.7 Å². The van der Waals surface area contributed by atoms with Crippen molar-refractivity contribution >= 4 is 24.2 Å². The van der Waals surface area contributed by atoms with Gasteiger partial charge < -0.3 is 15.1 Å². The molecular weight excluding hydrogens is 254 g/mol. The summed E-state index contributed by atoms with van der Waals surface area (Å²) in [7, 11) is 0. The van der Waals surface area contributed by atoms with Crippen LogP contribution in [-0.2, 0) is 9.59 Å². The summed E-state index contributed by atoms with van der Waals surface area (Å²) in [5.41, 5.74) is 0. The normalized spacial score (nSPS) is 24.7. The molecule has 1 atom stereocenters. The Kier molecular flexibility index (Phi) is 5.88. The van der Waals surface area contributed by atoms with Gasteiger partial charge in [-0.3, -0.25) is 9.59 Å². The molecule has 2 rings (SSSR count). The fourth-order valence-corrected chi connectivity index (χ4v) is 2.67. The van der Waals surface area contributed by atoms with Crippen LogP contribution in [0.2, 0.25) is 0 Å². The summed E-state index contributed by atoms with van der Waals surface area (Å²) in [6, 6.07) is 0.230. The number of carbonyl (C=O) groups excluding carboxylic acids is 2. The van der Waals surface area contributed by atoms with Gasteiger partial charge in [0.2, 0.25) is 11.8 Å². The first-order chi connectivity index (χ1) is 8.22. The summed E-state index contributed by atoms with van der Waals surface area (Å²) in [4.78, 5) is 27.3. The lowest BCUT2D eigenvalue weighted by atomic mass is 10.0. The number of rotatable bonds is 2. The first kappa shape index (κ1) is 15.2. The van der Waals surface area contributed by atoms with E-state index in [4.69, 9.17) is 0 Å². The minimum atomic E-state index is 0. The van der Waals surface area contributed by atoms with Gasteiger partial charge in [0.15, 0.2) is 0 Å². The summed E-state index contributed by atoms with van der Waals surface area (Å²) in [6.07, 6.45) is 2.59. The van der Waals surface area contributed by atoms with E-state index in [2.05, 4.69) is 5.32 Å². The molecule has 2 saturated heterocycles. The van der Waals surface area contributed by atoms with E-state index in [1.165, 1.54) is 0 Å². The van der Waals surface area contributed by atoms with Gasteiger partial charge in [-0.1, -0.05) is 6.92 Å². The predicted molar refractivity (Wildman–Crippen MR) is 71.7 cm³/mol. The number of hydrogen-bond acceptors (Lipinski definition) is 3. The maximum Gasteiger partial charge on any atom is 0.236 e. The molecule has 0 aromatic rings. The largest absolute Gasteiger partial charge is 0.341 e. The van der Waals surface area contributed by atoms with Gasteiger partial charge in [0.25, 0.3) is 0 Å². The van der Waals surface area contributed by atoms with Crippen molar-refractivity contribution in [3.63, 3.8) is 0 Å². The maximum atomic E-state index is 11.8. The van der Waals surface area contributed by atoms with Crippen LogP contribution in [0, 0.1) is 0 Å². The number of nitrogens with zero attached hydrogens (tertiary/aromatic N) is 2. The lowest BCUT2D eigenvalue weighted by molar-refractivity contribution is -0.140. The summed E-state index contributed by atoms with van der Waals surface area (Å²) in [5, 5.41) is 3.08. The van der Waals surface area contributed by atoms with Crippen LogP contribution in [0.1, 0.15) is 26.2 Å². The van der Waals surface area contributed by atoms with Crippen molar-refractivity contribution in [1.29, 1.82) is 0 Å². The maximum absolute atomic E-state index is 11.8. The average Bonchev–Trinajstić information content (AvgIpc) is 2.38. The van der Waals surface area contributed by atoms with Gasteiger partial charge in [-0.2, -0.15) is 0 Å². The standard InChI is InChI=1S/C12H21N3O2.ClH/c1-2-11(16)14-6-3-4-10(9-14)15-7-5-13-8-12(15)17;/h10,13H,2-9H2,1H3;1H. The highest BCUT2D eigenvalue weighted by molar-refractivity contribution is 5.85. The number of carbonyl (C=O) groups is 2. The van der Waals surface area contributed by atoms with E-state index in [-0.39, 0.29) is 30.3 Å². The minimum Gasteiger partial charge on any atom is -0.341 e. The Morgan fingerprint density at radius 1 is 1.44 bits per heavy atom. The van der Waals surface area contributed by atoms with Crippen LogP contribution in [0.5, 0.6) is 0 Å². The number of hydrogen-bond donors (Lipinski definition) is 1. The highest BCUT2D eigenvalue weighted by Crippen LogP contribution is 2.17. The van der Waals surface area contributed by atoms with Crippen molar-refractivity contribution in [1.82, 2.24) is 15.1 Å². The van der Waals surface area contributed by atoms with Gasteiger partial charge in [-0.15, -0.1) is 12.4 Å². The van der Waals surface area contributed by atoms with Crippen LogP contribution in [0.15, 0.2) is 0 Å². The molecule has 0 aromatic heterocycles. The number of amides is 2. The molecule has 0 spiro atoms. The van der Waals surface area contributed by atoms with Crippen LogP contribution < -0.4 is 5.32 Å². The van der Waals surface area contributed by atoms with Gasteiger partial charge in [-0.05, 0) is 12.8 Å². The summed E-state index contributed by atoms with van der Waals surface area (Å²) >= 11 is 0. The van der Waals surface area contributed by atoms with Gasteiger partial charge in [0.05, 0.1) is 6.54 Å². The smallest absolute Gasteiger partial charge is 0.236 e. The van der Waals surface area contributed by atoms with E-state index in [9.17, 15) is 9.59 Å². The Morgan fingerprint density at radius 3 is 2.89 bits per heavy atom. The zero-order chi connectivity index (χ0) is 12.3. The Labute approximate surface area is 114 Å². The Hall–Kier alpha value is -0.810. The summed E-state index contributed by atoms with van der Waals surface area (Å²) < 4.78 is 0. The Balaban J connectivity index is 0.00000162. The van der Waals surface area contributed by atoms with Crippen molar-refractivity contribution in [3.05, 3.63) is 0 Å². The SMILES string of the molecule is CCC(=O)N1CCCC(N2CCNCC2=O)C1.Cl. The molecule has 0 saturated carbocycles. The first-order valence-electron chi connectivity index (χ1n) is 6.50. The summed E-state index contributed by atoms with van der Waals surface area (Å²) in [6.45, 7) is 5.55. The predicted octanol–water partition coefficient (Wildman–Crippen LogP) is 0.241. The molecule has 18 heavy (non-hydrogen) atoms. The molecule has 6 heteroatoms. The third-order valence-electron chi connectivity index (χ3n) is 3.62. The number of piperidine rings is 1. The zero-order valence-corrected chi connectivity index (χ0v) is 11.7. The second-order valence-electron chi connectivity index (χ2n) is 4.75. The van der Waals surface area contributed by atoms with Crippen molar-refractivity contribution in [3.8, 4) is 0 Å².